The van der Waals surface area contributed by atoms with Gasteiger partial charge in [0.2, 0.25) is 0 Å². The van der Waals surface area contributed by atoms with Crippen molar-refractivity contribution >= 4 is 11.6 Å². The zero-order valence-corrected chi connectivity index (χ0v) is 13.2. The monoisotopic (exact) mass is 291 g/mol. The van der Waals surface area contributed by atoms with Crippen LogP contribution in [0.1, 0.15) is 52.9 Å². The van der Waals surface area contributed by atoms with Crippen molar-refractivity contribution in [2.24, 2.45) is 0 Å². The summed E-state index contributed by atoms with van der Waals surface area (Å²) in [7, 11) is 0. The van der Waals surface area contributed by atoms with Crippen molar-refractivity contribution < 1.29 is 14.6 Å². The minimum absolute atomic E-state index is 0.0155. The van der Waals surface area contributed by atoms with Crippen LogP contribution in [0.2, 0.25) is 0 Å². The summed E-state index contributed by atoms with van der Waals surface area (Å²) in [6.45, 7) is 6.78. The highest BCUT2D eigenvalue weighted by atomic mass is 16.5. The third-order valence-corrected chi connectivity index (χ3v) is 4.30. The van der Waals surface area contributed by atoms with Gasteiger partial charge in [0.15, 0.2) is 5.60 Å². The molecular weight excluding hydrogens is 266 g/mol. The van der Waals surface area contributed by atoms with Crippen LogP contribution in [-0.4, -0.2) is 23.2 Å². The van der Waals surface area contributed by atoms with E-state index in [-0.39, 0.29) is 11.7 Å². The van der Waals surface area contributed by atoms with Gasteiger partial charge < -0.3 is 14.7 Å². The van der Waals surface area contributed by atoms with Crippen molar-refractivity contribution in [2.45, 2.75) is 58.5 Å². The number of aromatic hydroxyl groups is 1. The Hall–Kier alpha value is -1.71. The standard InChI is InChI=1S/C17H25NO3/c1-4-7-8-11-18-14-12-13(19)9-10-15(14)21-17(5-2,6-3)16(18)20/h9-10,12,19H,4-8,11H2,1-3H3. The molecule has 1 amide bonds. The van der Waals surface area contributed by atoms with E-state index in [2.05, 4.69) is 6.92 Å². The molecule has 2 rings (SSSR count). The van der Waals surface area contributed by atoms with Crippen LogP contribution in [0, 0.1) is 0 Å². The maximum absolute atomic E-state index is 12.9. The molecular formula is C17H25NO3. The highest BCUT2D eigenvalue weighted by molar-refractivity contribution is 6.03. The quantitative estimate of drug-likeness (QED) is 0.809. The minimum Gasteiger partial charge on any atom is -0.508 e. The first-order valence-corrected chi connectivity index (χ1v) is 7.92. The van der Waals surface area contributed by atoms with E-state index in [4.69, 9.17) is 4.74 Å². The largest absolute Gasteiger partial charge is 0.508 e. The first kappa shape index (κ1) is 15.7. The number of hydrogen-bond acceptors (Lipinski definition) is 3. The van der Waals surface area contributed by atoms with E-state index in [1.807, 2.05) is 13.8 Å². The van der Waals surface area contributed by atoms with Gasteiger partial charge in [0.25, 0.3) is 5.91 Å². The third-order valence-electron chi connectivity index (χ3n) is 4.30. The van der Waals surface area contributed by atoms with Crippen LogP contribution >= 0.6 is 0 Å². The average Bonchev–Trinajstić information content (AvgIpc) is 2.50. The number of carbonyl (C=O) groups is 1. The summed E-state index contributed by atoms with van der Waals surface area (Å²) in [5.41, 5.74) is -0.0791. The molecule has 116 valence electrons. The number of hydrogen-bond donors (Lipinski definition) is 1. The Morgan fingerprint density at radius 2 is 1.90 bits per heavy atom. The molecule has 0 unspecified atom stereocenters. The van der Waals surface area contributed by atoms with Gasteiger partial charge in [-0.1, -0.05) is 33.6 Å². The maximum Gasteiger partial charge on any atom is 0.271 e. The molecule has 1 N–H and O–H groups in total. The van der Waals surface area contributed by atoms with E-state index >= 15 is 0 Å². The molecule has 0 aliphatic carbocycles. The molecule has 0 aromatic heterocycles. The van der Waals surface area contributed by atoms with E-state index in [0.29, 0.717) is 30.8 Å². The van der Waals surface area contributed by atoms with E-state index in [1.54, 1.807) is 23.1 Å². The number of nitrogens with zero attached hydrogens (tertiary/aromatic N) is 1. The molecule has 0 atom stereocenters. The van der Waals surface area contributed by atoms with Crippen molar-refractivity contribution in [3.05, 3.63) is 18.2 Å². The first-order chi connectivity index (χ1) is 10.1. The Kier molecular flexibility index (Phi) is 4.76. The topological polar surface area (TPSA) is 49.8 Å². The molecule has 0 bridgehead atoms. The summed E-state index contributed by atoms with van der Waals surface area (Å²) in [5, 5.41) is 9.71. The van der Waals surface area contributed by atoms with Gasteiger partial charge in [0, 0.05) is 12.6 Å². The summed E-state index contributed by atoms with van der Waals surface area (Å²) >= 11 is 0. The molecule has 1 aliphatic heterocycles. The molecule has 4 heteroatoms. The number of fused-ring (bicyclic) bond motifs is 1. The van der Waals surface area contributed by atoms with Crippen LogP contribution in [0.5, 0.6) is 11.5 Å². The van der Waals surface area contributed by atoms with Gasteiger partial charge >= 0.3 is 0 Å². The molecule has 1 aromatic carbocycles. The normalized spacial score (nSPS) is 16.5. The van der Waals surface area contributed by atoms with E-state index < -0.39 is 5.60 Å². The predicted molar refractivity (Wildman–Crippen MR) is 83.9 cm³/mol. The second kappa shape index (κ2) is 6.37. The van der Waals surface area contributed by atoms with Gasteiger partial charge in [-0.2, -0.15) is 0 Å². The Labute approximate surface area is 126 Å². The number of phenols is 1. The van der Waals surface area contributed by atoms with E-state index in [1.165, 1.54) is 0 Å². The third kappa shape index (κ3) is 2.85. The smallest absolute Gasteiger partial charge is 0.271 e. The lowest BCUT2D eigenvalue weighted by atomic mass is 9.92. The summed E-state index contributed by atoms with van der Waals surface area (Å²) in [6, 6.07) is 4.98. The highest BCUT2D eigenvalue weighted by Crippen LogP contribution is 2.42. The fraction of sp³-hybridized carbons (Fsp3) is 0.588. The van der Waals surface area contributed by atoms with Crippen LogP contribution < -0.4 is 9.64 Å². The van der Waals surface area contributed by atoms with Gasteiger partial charge in [-0.15, -0.1) is 0 Å². The molecule has 0 saturated carbocycles. The summed E-state index contributed by atoms with van der Waals surface area (Å²) < 4.78 is 6.02. The number of carbonyl (C=O) groups excluding carboxylic acids is 1. The fourth-order valence-electron chi connectivity index (χ4n) is 2.85. The molecule has 0 saturated heterocycles. The van der Waals surface area contributed by atoms with Gasteiger partial charge in [-0.05, 0) is 31.4 Å². The number of phenolic OH excluding ortho intramolecular Hbond substituents is 1. The van der Waals surface area contributed by atoms with Crippen molar-refractivity contribution in [1.29, 1.82) is 0 Å². The predicted octanol–water partition coefficient (Wildman–Crippen LogP) is 3.87. The summed E-state index contributed by atoms with van der Waals surface area (Å²) in [6.07, 6.45) is 4.45. The average molecular weight is 291 g/mol. The molecule has 1 aliphatic rings. The number of benzene rings is 1. The summed E-state index contributed by atoms with van der Waals surface area (Å²) in [5.74, 6) is 0.862. The second-order valence-corrected chi connectivity index (χ2v) is 5.62. The Balaban J connectivity index is 2.39. The molecule has 0 spiro atoms. The zero-order valence-electron chi connectivity index (χ0n) is 13.2. The van der Waals surface area contributed by atoms with Crippen LogP contribution in [0.3, 0.4) is 0 Å². The number of rotatable bonds is 6. The van der Waals surface area contributed by atoms with E-state index in [0.717, 1.165) is 19.3 Å². The van der Waals surface area contributed by atoms with Crippen molar-refractivity contribution in [1.82, 2.24) is 0 Å². The Morgan fingerprint density at radius 3 is 2.52 bits per heavy atom. The second-order valence-electron chi connectivity index (χ2n) is 5.62. The SMILES string of the molecule is CCCCCN1C(=O)C(CC)(CC)Oc2ccc(O)cc21. The highest BCUT2D eigenvalue weighted by Gasteiger charge is 2.45. The van der Waals surface area contributed by atoms with Gasteiger partial charge in [-0.3, -0.25) is 4.79 Å². The Bertz CT molecular complexity index is 509. The van der Waals surface area contributed by atoms with E-state index in [9.17, 15) is 9.90 Å². The van der Waals surface area contributed by atoms with Crippen LogP contribution in [0.25, 0.3) is 0 Å². The van der Waals surface area contributed by atoms with Crippen LogP contribution in [-0.2, 0) is 4.79 Å². The van der Waals surface area contributed by atoms with Crippen LogP contribution in [0.15, 0.2) is 18.2 Å². The lowest BCUT2D eigenvalue weighted by Gasteiger charge is -2.42. The number of amides is 1. The Morgan fingerprint density at radius 1 is 1.19 bits per heavy atom. The van der Waals surface area contributed by atoms with Crippen molar-refractivity contribution in [3.63, 3.8) is 0 Å². The lowest BCUT2D eigenvalue weighted by molar-refractivity contribution is -0.136. The lowest BCUT2D eigenvalue weighted by Crippen LogP contribution is -2.55. The first-order valence-electron chi connectivity index (χ1n) is 7.92. The number of unbranched alkanes of at least 4 members (excludes halogenated alkanes) is 2. The van der Waals surface area contributed by atoms with Crippen molar-refractivity contribution in [3.8, 4) is 11.5 Å². The van der Waals surface area contributed by atoms with Crippen LogP contribution in [0.4, 0.5) is 5.69 Å². The molecule has 21 heavy (non-hydrogen) atoms. The fourth-order valence-corrected chi connectivity index (χ4v) is 2.85. The number of ether oxygens (including phenoxy) is 1. The molecule has 1 aromatic rings. The molecule has 0 radical (unpaired) electrons. The molecule has 1 heterocycles. The van der Waals surface area contributed by atoms with Gasteiger partial charge in [0.05, 0.1) is 5.69 Å². The molecule has 0 fully saturated rings. The van der Waals surface area contributed by atoms with Gasteiger partial charge in [-0.25, -0.2) is 0 Å². The van der Waals surface area contributed by atoms with Crippen molar-refractivity contribution in [2.75, 3.05) is 11.4 Å². The summed E-state index contributed by atoms with van der Waals surface area (Å²) in [4.78, 5) is 14.7. The molecule has 4 nitrogen and oxygen atoms in total. The maximum atomic E-state index is 12.9. The minimum atomic E-state index is -0.768. The van der Waals surface area contributed by atoms with Gasteiger partial charge in [0.1, 0.15) is 11.5 Å². The number of anilines is 1. The zero-order chi connectivity index (χ0) is 15.5.